The third kappa shape index (κ3) is 1.90. The highest BCUT2D eigenvalue weighted by molar-refractivity contribution is 5.79. The minimum absolute atomic E-state index is 0.0206. The smallest absolute Gasteiger partial charge is 0.224 e. The Bertz CT molecular complexity index is 311. The number of nitrogens with two attached hydrogens (primary N) is 1. The van der Waals surface area contributed by atoms with Gasteiger partial charge in [-0.1, -0.05) is 5.16 Å². The molecule has 76 valence electrons. The first kappa shape index (κ1) is 9.14. The SMILES string of the molecule is NC1CC(=O)N(CCc2ncon2)C1. The van der Waals surface area contributed by atoms with E-state index in [1.54, 1.807) is 4.90 Å². The lowest BCUT2D eigenvalue weighted by Crippen LogP contribution is -2.30. The van der Waals surface area contributed by atoms with Crippen LogP contribution in [0.5, 0.6) is 0 Å². The number of hydrogen-bond acceptors (Lipinski definition) is 5. The Labute approximate surface area is 81.1 Å². The zero-order chi connectivity index (χ0) is 9.97. The van der Waals surface area contributed by atoms with Crippen LogP contribution in [0.1, 0.15) is 12.2 Å². The minimum atomic E-state index is -0.0206. The van der Waals surface area contributed by atoms with Crippen LogP contribution in [-0.2, 0) is 11.2 Å². The van der Waals surface area contributed by atoms with Gasteiger partial charge >= 0.3 is 0 Å². The number of aromatic nitrogens is 2. The van der Waals surface area contributed by atoms with Crippen LogP contribution >= 0.6 is 0 Å². The van der Waals surface area contributed by atoms with Gasteiger partial charge in [-0.3, -0.25) is 4.79 Å². The van der Waals surface area contributed by atoms with E-state index >= 15 is 0 Å². The molecule has 1 aliphatic rings. The van der Waals surface area contributed by atoms with Crippen molar-refractivity contribution >= 4 is 5.91 Å². The Balaban J connectivity index is 1.84. The predicted octanol–water partition coefficient (Wildman–Crippen LogP) is -0.828. The predicted molar refractivity (Wildman–Crippen MR) is 47.2 cm³/mol. The number of rotatable bonds is 3. The molecule has 1 aliphatic heterocycles. The van der Waals surface area contributed by atoms with Crippen molar-refractivity contribution in [2.24, 2.45) is 5.73 Å². The Morgan fingerprint density at radius 1 is 1.71 bits per heavy atom. The molecule has 2 rings (SSSR count). The average molecular weight is 196 g/mol. The van der Waals surface area contributed by atoms with Gasteiger partial charge in [0.05, 0.1) is 0 Å². The van der Waals surface area contributed by atoms with Crippen LogP contribution in [0.3, 0.4) is 0 Å². The number of carbonyl (C=O) groups excluding carboxylic acids is 1. The highest BCUT2D eigenvalue weighted by Crippen LogP contribution is 2.09. The summed E-state index contributed by atoms with van der Waals surface area (Å²) < 4.78 is 4.59. The summed E-state index contributed by atoms with van der Waals surface area (Å²) in [6.07, 6.45) is 2.36. The zero-order valence-corrected chi connectivity index (χ0v) is 7.72. The minimum Gasteiger partial charge on any atom is -0.343 e. The third-order valence-corrected chi connectivity index (χ3v) is 2.26. The molecule has 14 heavy (non-hydrogen) atoms. The van der Waals surface area contributed by atoms with E-state index in [0.29, 0.717) is 31.8 Å². The summed E-state index contributed by atoms with van der Waals surface area (Å²) in [5, 5.41) is 3.67. The van der Waals surface area contributed by atoms with Gasteiger partial charge < -0.3 is 15.2 Å². The van der Waals surface area contributed by atoms with Crippen LogP contribution in [0.15, 0.2) is 10.9 Å². The van der Waals surface area contributed by atoms with Crippen molar-refractivity contribution in [3.63, 3.8) is 0 Å². The molecule has 0 aliphatic carbocycles. The molecule has 0 spiro atoms. The molecule has 1 unspecified atom stereocenters. The average Bonchev–Trinajstić information content (AvgIpc) is 2.72. The first-order chi connectivity index (χ1) is 6.75. The van der Waals surface area contributed by atoms with E-state index in [1.165, 1.54) is 6.39 Å². The normalized spacial score (nSPS) is 21.9. The van der Waals surface area contributed by atoms with Crippen LogP contribution in [0, 0.1) is 0 Å². The van der Waals surface area contributed by atoms with Crippen molar-refractivity contribution in [3.8, 4) is 0 Å². The number of nitrogens with zero attached hydrogens (tertiary/aromatic N) is 3. The van der Waals surface area contributed by atoms with E-state index in [-0.39, 0.29) is 11.9 Å². The number of likely N-dealkylation sites (tertiary alicyclic amines) is 1. The molecule has 6 heteroatoms. The fraction of sp³-hybridized carbons (Fsp3) is 0.625. The molecule has 2 heterocycles. The second-order valence-electron chi connectivity index (χ2n) is 3.40. The molecule has 1 saturated heterocycles. The Morgan fingerprint density at radius 3 is 3.14 bits per heavy atom. The second kappa shape index (κ2) is 3.75. The summed E-state index contributed by atoms with van der Waals surface area (Å²) in [6, 6.07) is -0.0206. The summed E-state index contributed by atoms with van der Waals surface area (Å²) in [5.41, 5.74) is 5.65. The lowest BCUT2D eigenvalue weighted by atomic mass is 10.3. The van der Waals surface area contributed by atoms with E-state index in [9.17, 15) is 4.79 Å². The van der Waals surface area contributed by atoms with Gasteiger partial charge in [-0.05, 0) is 0 Å². The largest absolute Gasteiger partial charge is 0.343 e. The van der Waals surface area contributed by atoms with Gasteiger partial charge in [-0.15, -0.1) is 0 Å². The Kier molecular flexibility index (Phi) is 2.45. The lowest BCUT2D eigenvalue weighted by Gasteiger charge is -2.13. The third-order valence-electron chi connectivity index (χ3n) is 2.26. The molecule has 1 aromatic rings. The fourth-order valence-corrected chi connectivity index (χ4v) is 1.56. The van der Waals surface area contributed by atoms with E-state index in [0.717, 1.165) is 0 Å². The molecular formula is C8H12N4O2. The Morgan fingerprint density at radius 2 is 2.57 bits per heavy atom. The molecule has 1 aromatic heterocycles. The summed E-state index contributed by atoms with van der Waals surface area (Å²) in [5.74, 6) is 0.735. The van der Waals surface area contributed by atoms with Gasteiger partial charge in [-0.2, -0.15) is 4.98 Å². The van der Waals surface area contributed by atoms with Crippen molar-refractivity contribution < 1.29 is 9.32 Å². The van der Waals surface area contributed by atoms with Gasteiger partial charge in [0, 0.05) is 32.0 Å². The first-order valence-electron chi connectivity index (χ1n) is 4.54. The highest BCUT2D eigenvalue weighted by atomic mass is 16.5. The van der Waals surface area contributed by atoms with Crippen LogP contribution < -0.4 is 5.73 Å². The van der Waals surface area contributed by atoms with Gasteiger partial charge in [0.1, 0.15) is 0 Å². The topological polar surface area (TPSA) is 85.3 Å². The van der Waals surface area contributed by atoms with Crippen molar-refractivity contribution in [2.75, 3.05) is 13.1 Å². The summed E-state index contributed by atoms with van der Waals surface area (Å²) in [6.45, 7) is 1.25. The van der Waals surface area contributed by atoms with Crippen LogP contribution in [0.25, 0.3) is 0 Å². The summed E-state index contributed by atoms with van der Waals surface area (Å²) >= 11 is 0. The quantitative estimate of drug-likeness (QED) is 0.682. The van der Waals surface area contributed by atoms with Gasteiger partial charge in [0.15, 0.2) is 5.82 Å². The van der Waals surface area contributed by atoms with Gasteiger partial charge in [0.25, 0.3) is 0 Å². The standard InChI is InChI=1S/C8H12N4O2/c9-6-3-8(13)12(4-6)2-1-7-10-5-14-11-7/h5-6H,1-4,9H2. The maximum atomic E-state index is 11.3. The van der Waals surface area contributed by atoms with E-state index in [1.807, 2.05) is 0 Å². The number of amides is 1. The zero-order valence-electron chi connectivity index (χ0n) is 7.72. The van der Waals surface area contributed by atoms with Gasteiger partial charge in [0.2, 0.25) is 12.3 Å². The summed E-state index contributed by atoms with van der Waals surface area (Å²) in [7, 11) is 0. The molecule has 1 amide bonds. The fourth-order valence-electron chi connectivity index (χ4n) is 1.56. The molecule has 0 radical (unpaired) electrons. The maximum absolute atomic E-state index is 11.3. The number of carbonyl (C=O) groups is 1. The lowest BCUT2D eigenvalue weighted by molar-refractivity contribution is -0.127. The van der Waals surface area contributed by atoms with Crippen molar-refractivity contribution in [3.05, 3.63) is 12.2 Å². The van der Waals surface area contributed by atoms with Crippen molar-refractivity contribution in [2.45, 2.75) is 18.9 Å². The van der Waals surface area contributed by atoms with Crippen LogP contribution in [-0.4, -0.2) is 40.1 Å². The van der Waals surface area contributed by atoms with E-state index in [2.05, 4.69) is 14.7 Å². The molecule has 0 saturated carbocycles. The molecule has 0 bridgehead atoms. The monoisotopic (exact) mass is 196 g/mol. The number of hydrogen-bond donors (Lipinski definition) is 1. The van der Waals surface area contributed by atoms with Crippen LogP contribution in [0.2, 0.25) is 0 Å². The Hall–Kier alpha value is -1.43. The van der Waals surface area contributed by atoms with Crippen LogP contribution in [0.4, 0.5) is 0 Å². The second-order valence-corrected chi connectivity index (χ2v) is 3.40. The molecular weight excluding hydrogens is 184 g/mol. The maximum Gasteiger partial charge on any atom is 0.224 e. The highest BCUT2D eigenvalue weighted by Gasteiger charge is 2.26. The molecule has 6 nitrogen and oxygen atoms in total. The molecule has 1 fully saturated rings. The van der Waals surface area contributed by atoms with E-state index < -0.39 is 0 Å². The van der Waals surface area contributed by atoms with E-state index in [4.69, 9.17) is 5.73 Å². The molecule has 1 atom stereocenters. The van der Waals surface area contributed by atoms with Gasteiger partial charge in [-0.25, -0.2) is 0 Å². The van der Waals surface area contributed by atoms with Crippen molar-refractivity contribution in [1.82, 2.24) is 15.0 Å². The summed E-state index contributed by atoms with van der Waals surface area (Å²) in [4.78, 5) is 16.9. The molecule has 2 N–H and O–H groups in total. The van der Waals surface area contributed by atoms with Crippen molar-refractivity contribution in [1.29, 1.82) is 0 Å². The first-order valence-corrected chi connectivity index (χ1v) is 4.54. The molecule has 0 aromatic carbocycles.